The molecule has 0 aromatic carbocycles. The smallest absolute Gasteiger partial charge is 0.178 e. The fourth-order valence-corrected chi connectivity index (χ4v) is 2.20. The SMILES string of the molecule is C=C(CCC)N[C@@H](COC(O)COC(O)C(CO)CO)C(O)CCC. The van der Waals surface area contributed by atoms with Crippen molar-refractivity contribution >= 4 is 0 Å². The standard InChI is InChI=1S/C17H35NO7/c1-4-6-12(3)18-14(15(21)7-5-2)10-24-16(22)11-25-17(23)13(8-19)9-20/h13-23H,3-11H2,1-2H3/t14-,15?,16?,17?/m0/s1. The summed E-state index contributed by atoms with van der Waals surface area (Å²) in [4.78, 5) is 0. The van der Waals surface area contributed by atoms with E-state index in [1.165, 1.54) is 0 Å². The van der Waals surface area contributed by atoms with E-state index in [1.54, 1.807) is 0 Å². The summed E-state index contributed by atoms with van der Waals surface area (Å²) >= 11 is 0. The first kappa shape index (κ1) is 24.3. The molecule has 0 radical (unpaired) electrons. The minimum absolute atomic E-state index is 0.0357. The zero-order valence-corrected chi connectivity index (χ0v) is 15.3. The maximum atomic E-state index is 10.2. The monoisotopic (exact) mass is 365 g/mol. The summed E-state index contributed by atoms with van der Waals surface area (Å²) in [6, 6.07) is -0.416. The molecule has 0 amide bonds. The van der Waals surface area contributed by atoms with Crippen molar-refractivity contribution in [2.75, 3.05) is 26.4 Å². The third-order valence-electron chi connectivity index (χ3n) is 3.74. The Hall–Kier alpha value is -0.740. The first-order valence-electron chi connectivity index (χ1n) is 8.82. The van der Waals surface area contributed by atoms with Crippen molar-refractivity contribution in [2.45, 2.75) is 64.3 Å². The molecule has 0 aromatic heterocycles. The number of aliphatic hydroxyl groups is 5. The maximum Gasteiger partial charge on any atom is 0.178 e. The molecule has 0 spiro atoms. The second-order valence-corrected chi connectivity index (χ2v) is 6.10. The largest absolute Gasteiger partial charge is 0.396 e. The average Bonchev–Trinajstić information content (AvgIpc) is 2.58. The Balaban J connectivity index is 4.38. The lowest BCUT2D eigenvalue weighted by Crippen LogP contribution is -2.44. The molecule has 0 fully saturated rings. The van der Waals surface area contributed by atoms with E-state index in [2.05, 4.69) is 11.9 Å². The van der Waals surface area contributed by atoms with E-state index in [0.29, 0.717) is 6.42 Å². The lowest BCUT2D eigenvalue weighted by molar-refractivity contribution is -0.210. The summed E-state index contributed by atoms with van der Waals surface area (Å²) < 4.78 is 10.2. The van der Waals surface area contributed by atoms with Gasteiger partial charge in [-0.3, -0.25) is 0 Å². The van der Waals surface area contributed by atoms with Crippen molar-refractivity contribution in [2.24, 2.45) is 5.92 Å². The van der Waals surface area contributed by atoms with Crippen LogP contribution >= 0.6 is 0 Å². The molecule has 0 saturated carbocycles. The second kappa shape index (κ2) is 14.4. The zero-order valence-electron chi connectivity index (χ0n) is 15.3. The summed E-state index contributed by atoms with van der Waals surface area (Å²) in [5.41, 5.74) is 0.793. The third kappa shape index (κ3) is 10.8. The van der Waals surface area contributed by atoms with Crippen LogP contribution in [0.25, 0.3) is 0 Å². The molecule has 0 saturated heterocycles. The van der Waals surface area contributed by atoms with Gasteiger partial charge in [-0.05, 0) is 12.8 Å². The first-order valence-corrected chi connectivity index (χ1v) is 8.82. The molecule has 0 aliphatic carbocycles. The van der Waals surface area contributed by atoms with Crippen molar-refractivity contribution in [3.63, 3.8) is 0 Å². The Morgan fingerprint density at radius 2 is 1.64 bits per heavy atom. The summed E-state index contributed by atoms with van der Waals surface area (Å²) in [7, 11) is 0. The van der Waals surface area contributed by atoms with E-state index >= 15 is 0 Å². The summed E-state index contributed by atoms with van der Waals surface area (Å²) in [5.74, 6) is -0.842. The number of hydrogen-bond donors (Lipinski definition) is 6. The molecule has 6 N–H and O–H groups in total. The quantitative estimate of drug-likeness (QED) is 0.205. The van der Waals surface area contributed by atoms with Crippen LogP contribution in [0, 0.1) is 5.92 Å². The van der Waals surface area contributed by atoms with Gasteiger partial charge in [0.25, 0.3) is 0 Å². The number of allylic oxidation sites excluding steroid dienone is 1. The Morgan fingerprint density at radius 3 is 2.16 bits per heavy atom. The highest BCUT2D eigenvalue weighted by molar-refractivity contribution is 4.95. The second-order valence-electron chi connectivity index (χ2n) is 6.10. The molecule has 0 bridgehead atoms. The molecule has 3 unspecified atom stereocenters. The van der Waals surface area contributed by atoms with Gasteiger partial charge in [0.1, 0.15) is 6.61 Å². The Bertz CT molecular complexity index is 339. The lowest BCUT2D eigenvalue weighted by Gasteiger charge is -2.27. The summed E-state index contributed by atoms with van der Waals surface area (Å²) in [5, 5.41) is 50.6. The molecular formula is C17H35NO7. The van der Waals surface area contributed by atoms with E-state index in [1.807, 2.05) is 13.8 Å². The first-order chi connectivity index (χ1) is 11.9. The summed E-state index contributed by atoms with van der Waals surface area (Å²) in [6.07, 6.45) is -0.277. The molecular weight excluding hydrogens is 330 g/mol. The minimum atomic E-state index is -1.41. The van der Waals surface area contributed by atoms with Crippen molar-refractivity contribution in [1.82, 2.24) is 5.32 Å². The predicted molar refractivity (Wildman–Crippen MR) is 93.5 cm³/mol. The number of rotatable bonds is 16. The van der Waals surface area contributed by atoms with E-state index < -0.39 is 43.9 Å². The molecule has 0 rings (SSSR count). The van der Waals surface area contributed by atoms with Crippen LogP contribution < -0.4 is 5.32 Å². The Morgan fingerprint density at radius 1 is 1.00 bits per heavy atom. The molecule has 25 heavy (non-hydrogen) atoms. The van der Waals surface area contributed by atoms with Gasteiger partial charge < -0.3 is 40.3 Å². The number of ether oxygens (including phenoxy) is 2. The lowest BCUT2D eigenvalue weighted by atomic mass is 10.1. The highest BCUT2D eigenvalue weighted by atomic mass is 16.7. The van der Waals surface area contributed by atoms with Gasteiger partial charge in [-0.15, -0.1) is 0 Å². The maximum absolute atomic E-state index is 10.2. The molecule has 8 nitrogen and oxygen atoms in total. The fourth-order valence-electron chi connectivity index (χ4n) is 2.20. The van der Waals surface area contributed by atoms with Crippen LogP contribution in [0.15, 0.2) is 12.3 Å². The van der Waals surface area contributed by atoms with Crippen LogP contribution in [0.5, 0.6) is 0 Å². The van der Waals surface area contributed by atoms with Crippen LogP contribution in [-0.4, -0.2) is 76.7 Å². The Kier molecular flexibility index (Phi) is 14.0. The van der Waals surface area contributed by atoms with Gasteiger partial charge >= 0.3 is 0 Å². The van der Waals surface area contributed by atoms with Crippen LogP contribution in [0.2, 0.25) is 0 Å². The van der Waals surface area contributed by atoms with Crippen LogP contribution in [0.4, 0.5) is 0 Å². The number of nitrogens with one attached hydrogen (secondary N) is 1. The number of hydrogen-bond acceptors (Lipinski definition) is 8. The third-order valence-corrected chi connectivity index (χ3v) is 3.74. The van der Waals surface area contributed by atoms with Crippen LogP contribution in [0.3, 0.4) is 0 Å². The molecule has 4 atom stereocenters. The number of aliphatic hydroxyl groups excluding tert-OH is 5. The van der Waals surface area contributed by atoms with Crippen molar-refractivity contribution in [3.8, 4) is 0 Å². The topological polar surface area (TPSA) is 132 Å². The molecule has 0 aliphatic heterocycles. The average molecular weight is 365 g/mol. The van der Waals surface area contributed by atoms with Gasteiger partial charge in [0.05, 0.1) is 37.9 Å². The zero-order chi connectivity index (χ0) is 19.2. The van der Waals surface area contributed by atoms with Crippen LogP contribution in [-0.2, 0) is 9.47 Å². The van der Waals surface area contributed by atoms with E-state index in [4.69, 9.17) is 19.7 Å². The van der Waals surface area contributed by atoms with Gasteiger partial charge in [-0.1, -0.05) is 33.3 Å². The van der Waals surface area contributed by atoms with Crippen LogP contribution in [0.1, 0.15) is 39.5 Å². The normalized spacial score (nSPS) is 16.5. The molecule has 0 heterocycles. The highest BCUT2D eigenvalue weighted by Gasteiger charge is 2.22. The van der Waals surface area contributed by atoms with Gasteiger partial charge in [-0.2, -0.15) is 0 Å². The molecule has 8 heteroatoms. The fraction of sp³-hybridized carbons (Fsp3) is 0.882. The van der Waals surface area contributed by atoms with Crippen molar-refractivity contribution in [1.29, 1.82) is 0 Å². The van der Waals surface area contributed by atoms with Crippen molar-refractivity contribution in [3.05, 3.63) is 12.3 Å². The molecule has 150 valence electrons. The molecule has 0 aromatic rings. The molecule has 0 aliphatic rings. The van der Waals surface area contributed by atoms with Gasteiger partial charge in [0.2, 0.25) is 0 Å². The van der Waals surface area contributed by atoms with Crippen molar-refractivity contribution < 1.29 is 35.0 Å². The Labute approximate surface area is 150 Å². The predicted octanol–water partition coefficient (Wildman–Crippen LogP) is -0.310. The minimum Gasteiger partial charge on any atom is -0.396 e. The van der Waals surface area contributed by atoms with Gasteiger partial charge in [-0.25, -0.2) is 0 Å². The van der Waals surface area contributed by atoms with Gasteiger partial charge in [0, 0.05) is 5.70 Å². The van der Waals surface area contributed by atoms with Gasteiger partial charge in [0.15, 0.2) is 12.6 Å². The summed E-state index contributed by atoms with van der Waals surface area (Å²) in [6.45, 7) is 6.72. The van der Waals surface area contributed by atoms with E-state index in [0.717, 1.165) is 25.0 Å². The van der Waals surface area contributed by atoms with E-state index in [9.17, 15) is 15.3 Å². The van der Waals surface area contributed by atoms with E-state index in [-0.39, 0.29) is 13.2 Å². The highest BCUT2D eigenvalue weighted by Crippen LogP contribution is 2.09.